The Bertz CT molecular complexity index is 633. The first-order chi connectivity index (χ1) is 9.03. The third-order valence-corrected chi connectivity index (χ3v) is 3.33. The van der Waals surface area contributed by atoms with Crippen molar-refractivity contribution in [1.82, 2.24) is 25.1 Å². The summed E-state index contributed by atoms with van der Waals surface area (Å²) >= 11 is 0. The topological polar surface area (TPSA) is 90.9 Å². The van der Waals surface area contributed by atoms with E-state index in [-0.39, 0.29) is 5.54 Å². The third-order valence-electron chi connectivity index (χ3n) is 3.33. The molecule has 100 valence electrons. The van der Waals surface area contributed by atoms with Crippen molar-refractivity contribution in [3.63, 3.8) is 0 Å². The molecule has 0 unspecified atom stereocenters. The molecule has 0 saturated carbocycles. The number of aromatic nitrogens is 4. The first-order valence-corrected chi connectivity index (χ1v) is 6.03. The molecule has 3 heterocycles. The number of nitrogen functional groups attached to an aromatic ring is 1. The molecule has 0 aromatic carbocycles. The van der Waals surface area contributed by atoms with E-state index in [9.17, 15) is 0 Å². The zero-order valence-electron chi connectivity index (χ0n) is 11.1. The number of fused-ring (bicyclic) bond motifs is 1. The van der Waals surface area contributed by atoms with Gasteiger partial charge in [0, 0.05) is 24.4 Å². The number of nitrogens with zero attached hydrogens (tertiary/aromatic N) is 4. The lowest BCUT2D eigenvalue weighted by atomic mass is 10.0. The summed E-state index contributed by atoms with van der Waals surface area (Å²) in [5, 5.41) is 7.74. The van der Waals surface area contributed by atoms with Crippen LogP contribution in [-0.2, 0) is 12.1 Å². The zero-order chi connectivity index (χ0) is 13.6. The maximum Gasteiger partial charge on any atom is 0.254 e. The SMILES string of the molecule is COc1ccnc(-n2nc(N)c3c2C(C)(C)NC3)n1. The molecule has 7 heteroatoms. The Morgan fingerprint density at radius 2 is 2.26 bits per heavy atom. The van der Waals surface area contributed by atoms with Crippen LogP contribution in [0.3, 0.4) is 0 Å². The van der Waals surface area contributed by atoms with Gasteiger partial charge in [0.25, 0.3) is 5.95 Å². The summed E-state index contributed by atoms with van der Waals surface area (Å²) in [5.74, 6) is 1.47. The minimum atomic E-state index is -0.216. The smallest absolute Gasteiger partial charge is 0.254 e. The van der Waals surface area contributed by atoms with Gasteiger partial charge in [-0.25, -0.2) is 4.98 Å². The molecule has 0 spiro atoms. The Kier molecular flexibility index (Phi) is 2.46. The van der Waals surface area contributed by atoms with Gasteiger partial charge in [-0.2, -0.15) is 9.67 Å². The van der Waals surface area contributed by atoms with Crippen molar-refractivity contribution in [2.75, 3.05) is 12.8 Å². The highest BCUT2D eigenvalue weighted by Crippen LogP contribution is 2.34. The minimum absolute atomic E-state index is 0.216. The fourth-order valence-electron chi connectivity index (χ4n) is 2.37. The van der Waals surface area contributed by atoms with E-state index in [0.717, 1.165) is 11.3 Å². The molecule has 0 aliphatic carbocycles. The van der Waals surface area contributed by atoms with Gasteiger partial charge < -0.3 is 15.8 Å². The molecule has 1 aliphatic rings. The lowest BCUT2D eigenvalue weighted by Gasteiger charge is -2.20. The Morgan fingerprint density at radius 3 is 3.00 bits per heavy atom. The summed E-state index contributed by atoms with van der Waals surface area (Å²) in [5.41, 5.74) is 7.76. The number of methoxy groups -OCH3 is 1. The van der Waals surface area contributed by atoms with Crippen LogP contribution in [0.25, 0.3) is 5.95 Å². The highest BCUT2D eigenvalue weighted by atomic mass is 16.5. The van der Waals surface area contributed by atoms with Crippen molar-refractivity contribution in [1.29, 1.82) is 0 Å². The van der Waals surface area contributed by atoms with E-state index in [1.54, 1.807) is 24.1 Å². The van der Waals surface area contributed by atoms with Gasteiger partial charge in [0.05, 0.1) is 18.3 Å². The molecule has 0 amide bonds. The number of hydrogen-bond donors (Lipinski definition) is 2. The molecular formula is C12H16N6O. The number of nitrogens with two attached hydrogens (primary N) is 1. The molecule has 7 nitrogen and oxygen atoms in total. The van der Waals surface area contributed by atoms with Crippen molar-refractivity contribution in [3.8, 4) is 11.8 Å². The van der Waals surface area contributed by atoms with Crippen LogP contribution in [0.15, 0.2) is 12.3 Å². The summed E-state index contributed by atoms with van der Waals surface area (Å²) < 4.78 is 6.80. The number of anilines is 1. The number of rotatable bonds is 2. The van der Waals surface area contributed by atoms with Crippen molar-refractivity contribution in [2.45, 2.75) is 25.9 Å². The Balaban J connectivity index is 2.19. The van der Waals surface area contributed by atoms with E-state index < -0.39 is 0 Å². The van der Waals surface area contributed by atoms with Crippen molar-refractivity contribution in [3.05, 3.63) is 23.5 Å². The lowest BCUT2D eigenvalue weighted by Crippen LogP contribution is -2.32. The summed E-state index contributed by atoms with van der Waals surface area (Å²) in [6, 6.07) is 1.69. The van der Waals surface area contributed by atoms with E-state index in [2.05, 4.69) is 34.2 Å². The van der Waals surface area contributed by atoms with Gasteiger partial charge >= 0.3 is 0 Å². The monoisotopic (exact) mass is 260 g/mol. The summed E-state index contributed by atoms with van der Waals surface area (Å²) in [6.07, 6.45) is 1.64. The average Bonchev–Trinajstić information content (AvgIpc) is 2.89. The molecule has 2 aromatic rings. The largest absolute Gasteiger partial charge is 0.481 e. The molecule has 0 atom stereocenters. The molecular weight excluding hydrogens is 244 g/mol. The fourth-order valence-corrected chi connectivity index (χ4v) is 2.37. The van der Waals surface area contributed by atoms with Crippen LogP contribution in [-0.4, -0.2) is 26.9 Å². The lowest BCUT2D eigenvalue weighted by molar-refractivity contribution is 0.392. The van der Waals surface area contributed by atoms with Gasteiger partial charge in [-0.05, 0) is 13.8 Å². The molecule has 2 aromatic heterocycles. The maximum atomic E-state index is 5.96. The number of nitrogens with one attached hydrogen (secondary N) is 1. The predicted molar refractivity (Wildman–Crippen MR) is 70.0 cm³/mol. The van der Waals surface area contributed by atoms with Gasteiger partial charge in [0.1, 0.15) is 0 Å². The molecule has 0 fully saturated rings. The summed E-state index contributed by atoms with van der Waals surface area (Å²) in [7, 11) is 1.57. The average molecular weight is 260 g/mol. The van der Waals surface area contributed by atoms with Crippen LogP contribution in [0.4, 0.5) is 5.82 Å². The Morgan fingerprint density at radius 1 is 1.47 bits per heavy atom. The van der Waals surface area contributed by atoms with E-state index >= 15 is 0 Å². The molecule has 0 bridgehead atoms. The first-order valence-electron chi connectivity index (χ1n) is 6.03. The summed E-state index contributed by atoms with van der Waals surface area (Å²) in [6.45, 7) is 4.87. The van der Waals surface area contributed by atoms with Gasteiger partial charge in [0.2, 0.25) is 5.88 Å². The van der Waals surface area contributed by atoms with Crippen LogP contribution in [0.5, 0.6) is 5.88 Å². The highest BCUT2D eigenvalue weighted by Gasteiger charge is 2.36. The molecule has 3 rings (SSSR count). The number of hydrogen-bond acceptors (Lipinski definition) is 6. The van der Waals surface area contributed by atoms with Gasteiger partial charge in [0.15, 0.2) is 5.82 Å². The molecule has 0 radical (unpaired) electrons. The van der Waals surface area contributed by atoms with Crippen LogP contribution >= 0.6 is 0 Å². The maximum absolute atomic E-state index is 5.96. The van der Waals surface area contributed by atoms with E-state index in [1.807, 2.05) is 0 Å². The van der Waals surface area contributed by atoms with Gasteiger partial charge in [-0.1, -0.05) is 0 Å². The predicted octanol–water partition coefficient (Wildman–Crippen LogP) is 0.591. The second kappa shape index (κ2) is 3.92. The highest BCUT2D eigenvalue weighted by molar-refractivity contribution is 5.50. The second-order valence-electron chi connectivity index (χ2n) is 5.00. The van der Waals surface area contributed by atoms with E-state index in [1.165, 1.54) is 0 Å². The second-order valence-corrected chi connectivity index (χ2v) is 5.00. The minimum Gasteiger partial charge on any atom is -0.481 e. The van der Waals surface area contributed by atoms with E-state index in [0.29, 0.717) is 24.2 Å². The molecule has 3 N–H and O–H groups in total. The summed E-state index contributed by atoms with van der Waals surface area (Å²) in [4.78, 5) is 8.54. The molecule has 0 saturated heterocycles. The molecule has 1 aliphatic heterocycles. The first kappa shape index (κ1) is 11.9. The van der Waals surface area contributed by atoms with Crippen molar-refractivity contribution >= 4 is 5.82 Å². The van der Waals surface area contributed by atoms with Crippen LogP contribution in [0.1, 0.15) is 25.1 Å². The van der Waals surface area contributed by atoms with Gasteiger partial charge in [-0.3, -0.25) is 0 Å². The van der Waals surface area contributed by atoms with E-state index in [4.69, 9.17) is 10.5 Å². The Hall–Kier alpha value is -2.15. The fraction of sp³-hybridized carbons (Fsp3) is 0.417. The standard InChI is InChI=1S/C12H16N6O/c1-12(2)9-7(6-15-12)10(13)17-18(9)11-14-5-4-8(16-11)19-3/h4-5,15H,6H2,1-3H3,(H2,13,17). The van der Waals surface area contributed by atoms with Crippen molar-refractivity contribution < 1.29 is 4.74 Å². The van der Waals surface area contributed by atoms with Crippen LogP contribution < -0.4 is 15.8 Å². The number of ether oxygens (including phenoxy) is 1. The van der Waals surface area contributed by atoms with Crippen LogP contribution in [0.2, 0.25) is 0 Å². The Labute approximate surface area is 110 Å². The van der Waals surface area contributed by atoms with Gasteiger partial charge in [-0.15, -0.1) is 5.10 Å². The third kappa shape index (κ3) is 1.74. The quantitative estimate of drug-likeness (QED) is 0.821. The molecule has 19 heavy (non-hydrogen) atoms. The zero-order valence-corrected chi connectivity index (χ0v) is 11.1. The van der Waals surface area contributed by atoms with Crippen molar-refractivity contribution in [2.24, 2.45) is 0 Å². The van der Waals surface area contributed by atoms with Crippen LogP contribution in [0, 0.1) is 0 Å². The normalized spacial score (nSPS) is 16.4.